The zero-order valence-electron chi connectivity index (χ0n) is 14.7. The van der Waals surface area contributed by atoms with Gasteiger partial charge in [-0.15, -0.1) is 0 Å². The number of anilines is 2. The number of hydrogen-bond acceptors (Lipinski definition) is 2. The van der Waals surface area contributed by atoms with Gasteiger partial charge in [-0.1, -0.05) is 51.1 Å². The fourth-order valence-electron chi connectivity index (χ4n) is 2.29. The van der Waals surface area contributed by atoms with Gasteiger partial charge in [0.25, 0.3) is 5.91 Å². The van der Waals surface area contributed by atoms with E-state index < -0.39 is 5.41 Å². The largest absolute Gasteiger partial charge is 0.325 e. The van der Waals surface area contributed by atoms with E-state index in [1.54, 1.807) is 23.1 Å². The first-order valence-corrected chi connectivity index (χ1v) is 8.12. The molecule has 126 valence electrons. The number of carbonyl (C=O) groups excluding carboxylic acids is 2. The number of rotatable bonds is 4. The third kappa shape index (κ3) is 4.02. The lowest BCUT2D eigenvalue weighted by Crippen LogP contribution is -2.33. The van der Waals surface area contributed by atoms with E-state index in [1.807, 2.05) is 64.1 Å². The van der Waals surface area contributed by atoms with Gasteiger partial charge in [-0.2, -0.15) is 0 Å². The van der Waals surface area contributed by atoms with E-state index in [0.717, 1.165) is 5.69 Å². The second-order valence-corrected chi connectivity index (χ2v) is 6.63. The summed E-state index contributed by atoms with van der Waals surface area (Å²) in [5.74, 6) is -0.251. The SMILES string of the molecule is CCN(C(=O)c1ccccc1NC(=O)C(C)(C)C)c1ccccc1. The van der Waals surface area contributed by atoms with E-state index in [4.69, 9.17) is 0 Å². The quantitative estimate of drug-likeness (QED) is 0.909. The van der Waals surface area contributed by atoms with Gasteiger partial charge in [-0.05, 0) is 31.2 Å². The van der Waals surface area contributed by atoms with E-state index in [2.05, 4.69) is 5.32 Å². The summed E-state index contributed by atoms with van der Waals surface area (Å²) in [7, 11) is 0. The molecule has 1 N–H and O–H groups in total. The molecule has 2 aromatic carbocycles. The molecule has 2 rings (SSSR count). The van der Waals surface area contributed by atoms with Gasteiger partial charge in [0, 0.05) is 17.6 Å². The van der Waals surface area contributed by atoms with Crippen molar-refractivity contribution in [1.82, 2.24) is 0 Å². The molecule has 0 atom stereocenters. The molecule has 4 nitrogen and oxygen atoms in total. The summed E-state index contributed by atoms with van der Waals surface area (Å²) in [5.41, 5.74) is 1.33. The first kappa shape index (κ1) is 17.7. The van der Waals surface area contributed by atoms with Crippen LogP contribution < -0.4 is 10.2 Å². The monoisotopic (exact) mass is 324 g/mol. The maximum Gasteiger partial charge on any atom is 0.260 e. The third-order valence-corrected chi connectivity index (χ3v) is 3.72. The van der Waals surface area contributed by atoms with Crippen LogP contribution >= 0.6 is 0 Å². The van der Waals surface area contributed by atoms with E-state index in [9.17, 15) is 9.59 Å². The van der Waals surface area contributed by atoms with Gasteiger partial charge < -0.3 is 10.2 Å². The van der Waals surface area contributed by atoms with Crippen LogP contribution in [-0.4, -0.2) is 18.4 Å². The number of nitrogens with zero attached hydrogens (tertiary/aromatic N) is 1. The lowest BCUT2D eigenvalue weighted by atomic mass is 9.95. The second kappa shape index (κ2) is 7.30. The van der Waals surface area contributed by atoms with Crippen LogP contribution in [0.3, 0.4) is 0 Å². The Morgan fingerprint density at radius 3 is 2.12 bits per heavy atom. The van der Waals surface area contributed by atoms with Crippen LogP contribution in [0.1, 0.15) is 38.1 Å². The summed E-state index contributed by atoms with van der Waals surface area (Å²) >= 11 is 0. The molecule has 0 fully saturated rings. The molecular formula is C20H24N2O2. The van der Waals surface area contributed by atoms with Crippen molar-refractivity contribution in [3.05, 3.63) is 60.2 Å². The topological polar surface area (TPSA) is 49.4 Å². The van der Waals surface area contributed by atoms with Gasteiger partial charge in [-0.25, -0.2) is 0 Å². The van der Waals surface area contributed by atoms with Gasteiger partial charge in [0.1, 0.15) is 0 Å². The molecule has 0 aliphatic rings. The minimum Gasteiger partial charge on any atom is -0.325 e. The summed E-state index contributed by atoms with van der Waals surface area (Å²) in [4.78, 5) is 27.0. The molecule has 0 unspecified atom stereocenters. The fraction of sp³-hybridized carbons (Fsp3) is 0.300. The smallest absolute Gasteiger partial charge is 0.260 e. The molecule has 2 aromatic rings. The normalized spacial score (nSPS) is 11.0. The van der Waals surface area contributed by atoms with E-state index in [0.29, 0.717) is 17.8 Å². The lowest BCUT2D eigenvalue weighted by molar-refractivity contribution is -0.123. The highest BCUT2D eigenvalue weighted by Crippen LogP contribution is 2.24. The highest BCUT2D eigenvalue weighted by molar-refractivity contribution is 6.11. The molecular weight excluding hydrogens is 300 g/mol. The predicted molar refractivity (Wildman–Crippen MR) is 98.3 cm³/mol. The molecule has 0 bridgehead atoms. The van der Waals surface area contributed by atoms with Gasteiger partial charge in [0.05, 0.1) is 11.3 Å². The molecule has 0 heterocycles. The lowest BCUT2D eigenvalue weighted by Gasteiger charge is -2.24. The Morgan fingerprint density at radius 1 is 0.958 bits per heavy atom. The van der Waals surface area contributed by atoms with E-state index in [-0.39, 0.29) is 11.8 Å². The molecule has 0 aliphatic heterocycles. The van der Waals surface area contributed by atoms with Gasteiger partial charge in [0.15, 0.2) is 0 Å². The average molecular weight is 324 g/mol. The van der Waals surface area contributed by atoms with Crippen molar-refractivity contribution < 1.29 is 9.59 Å². The Hall–Kier alpha value is -2.62. The number of amides is 2. The Morgan fingerprint density at radius 2 is 1.54 bits per heavy atom. The maximum atomic E-state index is 13.0. The molecule has 2 amide bonds. The van der Waals surface area contributed by atoms with Crippen molar-refractivity contribution in [3.8, 4) is 0 Å². The zero-order chi connectivity index (χ0) is 17.7. The summed E-state index contributed by atoms with van der Waals surface area (Å²) < 4.78 is 0. The molecule has 0 aromatic heterocycles. The Balaban J connectivity index is 2.34. The van der Waals surface area contributed by atoms with Crippen molar-refractivity contribution in [2.75, 3.05) is 16.8 Å². The van der Waals surface area contributed by atoms with Crippen molar-refractivity contribution in [2.45, 2.75) is 27.7 Å². The van der Waals surface area contributed by atoms with Gasteiger partial charge in [-0.3, -0.25) is 9.59 Å². The molecule has 24 heavy (non-hydrogen) atoms. The Kier molecular flexibility index (Phi) is 5.39. The first-order valence-electron chi connectivity index (χ1n) is 8.12. The van der Waals surface area contributed by atoms with Crippen LogP contribution in [0.15, 0.2) is 54.6 Å². The highest BCUT2D eigenvalue weighted by atomic mass is 16.2. The Bertz CT molecular complexity index is 718. The van der Waals surface area contributed by atoms with Gasteiger partial charge in [0.2, 0.25) is 5.91 Å². The van der Waals surface area contributed by atoms with Crippen molar-refractivity contribution >= 4 is 23.2 Å². The summed E-state index contributed by atoms with van der Waals surface area (Å²) in [5, 5.41) is 2.88. The standard InChI is InChI=1S/C20H24N2O2/c1-5-22(15-11-7-6-8-12-15)18(23)16-13-9-10-14-17(16)21-19(24)20(2,3)4/h6-14H,5H2,1-4H3,(H,21,24). The summed E-state index contributed by atoms with van der Waals surface area (Å²) in [6.07, 6.45) is 0. The first-order chi connectivity index (χ1) is 11.3. The van der Waals surface area contributed by atoms with Crippen LogP contribution in [0.5, 0.6) is 0 Å². The number of benzene rings is 2. The van der Waals surface area contributed by atoms with Crippen LogP contribution in [0.2, 0.25) is 0 Å². The third-order valence-electron chi connectivity index (χ3n) is 3.72. The average Bonchev–Trinajstić information content (AvgIpc) is 2.56. The molecule has 0 spiro atoms. The van der Waals surface area contributed by atoms with Crippen molar-refractivity contribution in [2.24, 2.45) is 5.41 Å². The molecule has 0 radical (unpaired) electrons. The van der Waals surface area contributed by atoms with Crippen LogP contribution in [-0.2, 0) is 4.79 Å². The summed E-state index contributed by atoms with van der Waals surface area (Å²) in [6, 6.07) is 16.6. The zero-order valence-corrected chi connectivity index (χ0v) is 14.7. The maximum absolute atomic E-state index is 13.0. The summed E-state index contributed by atoms with van der Waals surface area (Å²) in [6.45, 7) is 8.00. The minimum atomic E-state index is -0.528. The van der Waals surface area contributed by atoms with Crippen LogP contribution in [0.25, 0.3) is 0 Å². The number of carbonyl (C=O) groups is 2. The minimum absolute atomic E-state index is 0.120. The van der Waals surface area contributed by atoms with Crippen LogP contribution in [0.4, 0.5) is 11.4 Å². The predicted octanol–water partition coefficient (Wildman–Crippen LogP) is 4.34. The van der Waals surface area contributed by atoms with Crippen LogP contribution in [0, 0.1) is 5.41 Å². The van der Waals surface area contributed by atoms with E-state index >= 15 is 0 Å². The molecule has 4 heteroatoms. The second-order valence-electron chi connectivity index (χ2n) is 6.63. The number of hydrogen-bond donors (Lipinski definition) is 1. The van der Waals surface area contributed by atoms with Gasteiger partial charge >= 0.3 is 0 Å². The van der Waals surface area contributed by atoms with Crippen molar-refractivity contribution in [3.63, 3.8) is 0 Å². The van der Waals surface area contributed by atoms with E-state index in [1.165, 1.54) is 0 Å². The number of nitrogens with one attached hydrogen (secondary N) is 1. The molecule has 0 saturated carbocycles. The fourth-order valence-corrected chi connectivity index (χ4v) is 2.29. The molecule has 0 saturated heterocycles. The molecule has 0 aliphatic carbocycles. The Labute approximate surface area is 143 Å². The number of para-hydroxylation sites is 2. The van der Waals surface area contributed by atoms with Crippen molar-refractivity contribution in [1.29, 1.82) is 0 Å². The highest BCUT2D eigenvalue weighted by Gasteiger charge is 2.24.